The summed E-state index contributed by atoms with van der Waals surface area (Å²) in [5.41, 5.74) is 2.72. The van der Waals surface area contributed by atoms with Crippen LogP contribution in [-0.2, 0) is 22.4 Å². The molecule has 1 aromatic heterocycles. The zero-order valence-electron chi connectivity index (χ0n) is 18.1. The van der Waals surface area contributed by atoms with Crippen molar-refractivity contribution in [1.29, 1.82) is 0 Å². The van der Waals surface area contributed by atoms with E-state index in [1.807, 2.05) is 73.7 Å². The molecule has 0 saturated carbocycles. The molecule has 0 aliphatic heterocycles. The van der Waals surface area contributed by atoms with Gasteiger partial charge in [0, 0.05) is 30.9 Å². The Bertz CT molecular complexity index is 1220. The van der Waals surface area contributed by atoms with Crippen molar-refractivity contribution in [2.45, 2.75) is 25.9 Å². The molecule has 1 atom stereocenters. The van der Waals surface area contributed by atoms with Crippen molar-refractivity contribution in [2.24, 2.45) is 0 Å². The van der Waals surface area contributed by atoms with E-state index < -0.39 is 12.1 Å². The largest absolute Gasteiger partial charge is 0.493 e. The number of carboxylic acid groups (broad SMARTS) is 1. The molecule has 0 amide bonds. The van der Waals surface area contributed by atoms with Crippen molar-refractivity contribution < 1.29 is 23.8 Å². The zero-order valence-corrected chi connectivity index (χ0v) is 18.1. The maximum atomic E-state index is 11.4. The number of nitrogens with zero attached hydrogens (tertiary/aromatic N) is 1. The van der Waals surface area contributed by atoms with E-state index in [2.05, 4.69) is 4.98 Å². The lowest BCUT2D eigenvalue weighted by Crippen LogP contribution is -2.24. The Morgan fingerprint density at radius 2 is 1.75 bits per heavy atom. The Labute approximate surface area is 186 Å². The Kier molecular flexibility index (Phi) is 6.52. The van der Waals surface area contributed by atoms with Crippen molar-refractivity contribution >= 4 is 16.7 Å². The van der Waals surface area contributed by atoms with Gasteiger partial charge in [0.15, 0.2) is 6.10 Å². The smallest absolute Gasteiger partial charge is 0.333 e. The van der Waals surface area contributed by atoms with Gasteiger partial charge in [-0.15, -0.1) is 0 Å². The second kappa shape index (κ2) is 9.66. The second-order valence-corrected chi connectivity index (χ2v) is 7.52. The number of hydrogen-bond acceptors (Lipinski definition) is 5. The van der Waals surface area contributed by atoms with Gasteiger partial charge in [-0.25, -0.2) is 9.78 Å². The number of methoxy groups -OCH3 is 1. The summed E-state index contributed by atoms with van der Waals surface area (Å²) in [6.45, 7) is 2.36. The van der Waals surface area contributed by atoms with E-state index in [1.54, 1.807) is 0 Å². The van der Waals surface area contributed by atoms with Gasteiger partial charge in [-0.2, -0.15) is 0 Å². The first-order valence-corrected chi connectivity index (χ1v) is 10.5. The summed E-state index contributed by atoms with van der Waals surface area (Å²) in [5.74, 6) is 1.17. The molecule has 164 valence electrons. The molecule has 4 aromatic rings. The van der Waals surface area contributed by atoms with Crippen LogP contribution in [-0.4, -0.2) is 35.9 Å². The van der Waals surface area contributed by atoms with Crippen LogP contribution in [0.15, 0.2) is 71.1 Å². The van der Waals surface area contributed by atoms with Crippen LogP contribution in [0.4, 0.5) is 0 Å². The Morgan fingerprint density at radius 3 is 2.47 bits per heavy atom. The number of benzene rings is 3. The van der Waals surface area contributed by atoms with Crippen LogP contribution in [0.25, 0.3) is 22.2 Å². The minimum Gasteiger partial charge on any atom is -0.493 e. The first-order chi connectivity index (χ1) is 15.6. The highest BCUT2D eigenvalue weighted by Gasteiger charge is 2.19. The van der Waals surface area contributed by atoms with Crippen LogP contribution in [0.3, 0.4) is 0 Å². The van der Waals surface area contributed by atoms with Crippen molar-refractivity contribution in [3.8, 4) is 17.2 Å². The molecular formula is C26H25NO5. The first-order valence-electron chi connectivity index (χ1n) is 10.5. The highest BCUT2D eigenvalue weighted by molar-refractivity contribution is 5.91. The fourth-order valence-corrected chi connectivity index (χ4v) is 3.73. The third-order valence-electron chi connectivity index (χ3n) is 5.45. The van der Waals surface area contributed by atoms with Crippen molar-refractivity contribution in [3.05, 3.63) is 83.7 Å². The number of oxazole rings is 1. The summed E-state index contributed by atoms with van der Waals surface area (Å²) in [6, 6.07) is 21.4. The minimum absolute atomic E-state index is 0.285. The number of aryl methyl sites for hydroxylation is 1. The van der Waals surface area contributed by atoms with Crippen molar-refractivity contribution in [3.63, 3.8) is 0 Å². The summed E-state index contributed by atoms with van der Waals surface area (Å²) in [5, 5.41) is 11.2. The maximum absolute atomic E-state index is 11.4. The Hall–Kier alpha value is -3.64. The van der Waals surface area contributed by atoms with Crippen molar-refractivity contribution in [1.82, 2.24) is 4.98 Å². The molecular weight excluding hydrogens is 406 g/mol. The summed E-state index contributed by atoms with van der Waals surface area (Å²) >= 11 is 0. The van der Waals surface area contributed by atoms with Crippen LogP contribution in [0.1, 0.15) is 17.0 Å². The Balaban J connectivity index is 1.49. The van der Waals surface area contributed by atoms with Gasteiger partial charge in [0.2, 0.25) is 5.89 Å². The van der Waals surface area contributed by atoms with Gasteiger partial charge in [0.25, 0.3) is 0 Å². The molecule has 6 nitrogen and oxygen atoms in total. The highest BCUT2D eigenvalue weighted by Crippen LogP contribution is 2.30. The normalized spacial score (nSPS) is 12.1. The van der Waals surface area contributed by atoms with E-state index in [4.69, 9.17) is 13.9 Å². The van der Waals surface area contributed by atoms with Gasteiger partial charge < -0.3 is 19.0 Å². The van der Waals surface area contributed by atoms with E-state index in [0.717, 1.165) is 39.1 Å². The van der Waals surface area contributed by atoms with Crippen LogP contribution in [0, 0.1) is 6.92 Å². The molecule has 0 aliphatic carbocycles. The quantitative estimate of drug-likeness (QED) is 0.399. The van der Waals surface area contributed by atoms with Gasteiger partial charge in [-0.1, -0.05) is 48.5 Å². The summed E-state index contributed by atoms with van der Waals surface area (Å²) in [7, 11) is 1.41. The van der Waals surface area contributed by atoms with Gasteiger partial charge in [-0.3, -0.25) is 0 Å². The molecule has 0 fully saturated rings. The molecule has 3 aromatic carbocycles. The number of fused-ring (bicyclic) bond motifs is 1. The zero-order chi connectivity index (χ0) is 22.5. The molecule has 0 bridgehead atoms. The summed E-state index contributed by atoms with van der Waals surface area (Å²) < 4.78 is 17.0. The monoisotopic (exact) mass is 431 g/mol. The lowest BCUT2D eigenvalue weighted by Gasteiger charge is -2.15. The average Bonchev–Trinajstić information content (AvgIpc) is 3.19. The van der Waals surface area contributed by atoms with Gasteiger partial charge in [-0.05, 0) is 36.1 Å². The molecule has 4 rings (SSSR count). The van der Waals surface area contributed by atoms with Gasteiger partial charge in [0.05, 0.1) is 12.3 Å². The number of rotatable bonds is 9. The predicted molar refractivity (Wildman–Crippen MR) is 122 cm³/mol. The molecule has 1 heterocycles. The van der Waals surface area contributed by atoms with Crippen LogP contribution in [0.5, 0.6) is 5.75 Å². The molecule has 32 heavy (non-hydrogen) atoms. The van der Waals surface area contributed by atoms with Crippen LogP contribution in [0.2, 0.25) is 0 Å². The van der Waals surface area contributed by atoms with Crippen LogP contribution < -0.4 is 4.74 Å². The molecule has 0 unspecified atom stereocenters. The second-order valence-electron chi connectivity index (χ2n) is 7.52. The van der Waals surface area contributed by atoms with E-state index in [-0.39, 0.29) is 6.42 Å². The number of aromatic nitrogens is 1. The predicted octanol–water partition coefficient (Wildman–Crippen LogP) is 5.07. The Morgan fingerprint density at radius 1 is 1.03 bits per heavy atom. The first kappa shape index (κ1) is 21.6. The minimum atomic E-state index is -0.977. The fraction of sp³-hybridized carbons (Fsp3) is 0.231. The fourth-order valence-electron chi connectivity index (χ4n) is 3.73. The third-order valence-corrected chi connectivity index (χ3v) is 5.45. The number of ether oxygens (including phenoxy) is 2. The number of hydrogen-bond donors (Lipinski definition) is 1. The lowest BCUT2D eigenvalue weighted by atomic mass is 9.99. The average molecular weight is 431 g/mol. The summed E-state index contributed by atoms with van der Waals surface area (Å²) in [6.07, 6.45) is 0.00914. The van der Waals surface area contributed by atoms with E-state index in [1.165, 1.54) is 7.11 Å². The highest BCUT2D eigenvalue weighted by atomic mass is 16.5. The van der Waals surface area contributed by atoms with Crippen molar-refractivity contribution in [2.75, 3.05) is 13.7 Å². The number of carbonyl (C=O) groups is 1. The molecule has 0 aliphatic rings. The molecule has 0 spiro atoms. The number of carboxylic acids is 1. The van der Waals surface area contributed by atoms with Crippen LogP contribution >= 0.6 is 0 Å². The third kappa shape index (κ3) is 4.65. The standard InChI is InChI=1S/C26H25NO5/c1-17-22(27-25(32-17)18-8-4-3-5-9-18)14-15-31-23-13-12-19(16-24(30-2)26(28)29)20-10-6-7-11-21(20)23/h3-13,24H,14-16H2,1-2H3,(H,28,29)/t24-/m0/s1. The van der Waals surface area contributed by atoms with E-state index in [9.17, 15) is 9.90 Å². The van der Waals surface area contributed by atoms with Gasteiger partial charge in [0.1, 0.15) is 11.5 Å². The summed E-state index contributed by atoms with van der Waals surface area (Å²) in [4.78, 5) is 16.0. The topological polar surface area (TPSA) is 81.8 Å². The SMILES string of the molecule is CO[C@@H](Cc1ccc(OCCc2nc(-c3ccccc3)oc2C)c2ccccc12)C(=O)O. The molecule has 0 saturated heterocycles. The van der Waals surface area contributed by atoms with E-state index in [0.29, 0.717) is 18.9 Å². The molecule has 1 N–H and O–H groups in total. The number of aliphatic carboxylic acids is 1. The molecule has 6 heteroatoms. The van der Waals surface area contributed by atoms with E-state index >= 15 is 0 Å². The molecule has 0 radical (unpaired) electrons. The maximum Gasteiger partial charge on any atom is 0.333 e. The van der Waals surface area contributed by atoms with Gasteiger partial charge >= 0.3 is 5.97 Å². The lowest BCUT2D eigenvalue weighted by molar-refractivity contribution is -0.148.